The van der Waals surface area contributed by atoms with Crippen LogP contribution in [0.4, 0.5) is 4.39 Å². The van der Waals surface area contributed by atoms with Crippen molar-refractivity contribution >= 4 is 29.9 Å². The first-order chi connectivity index (χ1) is 12.0. The molecule has 0 heterocycles. The number of rotatable bonds is 5. The van der Waals surface area contributed by atoms with Crippen molar-refractivity contribution in [2.45, 2.75) is 64.0 Å². The van der Waals surface area contributed by atoms with E-state index in [0.717, 1.165) is 50.2 Å². The first-order valence-corrected chi connectivity index (χ1v) is 9.51. The highest BCUT2D eigenvalue weighted by Crippen LogP contribution is 2.42. The Morgan fingerprint density at radius 1 is 1.35 bits per heavy atom. The number of guanidine groups is 1. The van der Waals surface area contributed by atoms with Gasteiger partial charge in [-0.2, -0.15) is 0 Å². The molecule has 2 aliphatic rings. The summed E-state index contributed by atoms with van der Waals surface area (Å²) in [5.41, 5.74) is 0.639. The normalized spacial score (nSPS) is 31.1. The van der Waals surface area contributed by atoms with Crippen LogP contribution in [0.2, 0.25) is 0 Å². The molecule has 3 rings (SSSR count). The zero-order valence-electron chi connectivity index (χ0n) is 15.7. The molecule has 1 aromatic rings. The average Bonchev–Trinajstić information content (AvgIpc) is 3.35. The molecule has 1 aromatic carbocycles. The maximum atomic E-state index is 13.9. The summed E-state index contributed by atoms with van der Waals surface area (Å²) in [6.45, 7) is 5.56. The highest BCUT2D eigenvalue weighted by Gasteiger charge is 2.41. The van der Waals surface area contributed by atoms with Crippen LogP contribution in [0.3, 0.4) is 0 Å². The topological polar surface area (TPSA) is 56.7 Å². The number of benzene rings is 1. The quantitative estimate of drug-likeness (QED) is 0.345. The lowest BCUT2D eigenvalue weighted by atomic mass is 9.73. The van der Waals surface area contributed by atoms with Crippen molar-refractivity contribution in [3.05, 3.63) is 35.6 Å². The van der Waals surface area contributed by atoms with Crippen LogP contribution >= 0.6 is 24.0 Å². The molecule has 146 valence electrons. The largest absolute Gasteiger partial charge is 0.392 e. The van der Waals surface area contributed by atoms with Crippen LogP contribution in [0.15, 0.2) is 29.3 Å². The molecule has 3 N–H and O–H groups in total. The van der Waals surface area contributed by atoms with Gasteiger partial charge in [-0.25, -0.2) is 4.39 Å². The monoisotopic (exact) mass is 475 g/mol. The maximum absolute atomic E-state index is 13.9. The van der Waals surface area contributed by atoms with E-state index in [-0.39, 0.29) is 53.3 Å². The lowest BCUT2D eigenvalue weighted by Gasteiger charge is -2.37. The summed E-state index contributed by atoms with van der Waals surface area (Å²) < 4.78 is 13.9. The summed E-state index contributed by atoms with van der Waals surface area (Å²) in [5.74, 6) is 0.850. The fraction of sp³-hybridized carbons (Fsp3) is 0.650. The summed E-state index contributed by atoms with van der Waals surface area (Å²) in [4.78, 5) is 4.73. The molecule has 4 atom stereocenters. The van der Waals surface area contributed by atoms with Gasteiger partial charge in [0.05, 0.1) is 12.6 Å². The predicted octanol–water partition coefficient (Wildman–Crippen LogP) is 3.80. The summed E-state index contributed by atoms with van der Waals surface area (Å²) in [6, 6.07) is 7.23. The third-order valence-corrected chi connectivity index (χ3v) is 5.64. The second-order valence-corrected chi connectivity index (χ2v) is 7.73. The van der Waals surface area contributed by atoms with Crippen molar-refractivity contribution < 1.29 is 9.50 Å². The minimum atomic E-state index is -0.278. The Kier molecular flexibility index (Phi) is 7.70. The lowest BCUT2D eigenvalue weighted by molar-refractivity contribution is 0.00716. The third kappa shape index (κ3) is 5.09. The van der Waals surface area contributed by atoms with Gasteiger partial charge in [-0.3, -0.25) is 4.99 Å². The number of nitrogens with zero attached hydrogens (tertiary/aromatic N) is 1. The van der Waals surface area contributed by atoms with Crippen molar-refractivity contribution in [2.24, 2.45) is 10.4 Å². The highest BCUT2D eigenvalue weighted by atomic mass is 127. The molecule has 0 aromatic heterocycles. The van der Waals surface area contributed by atoms with E-state index in [1.165, 1.54) is 6.07 Å². The highest BCUT2D eigenvalue weighted by molar-refractivity contribution is 14.0. The Labute approximate surface area is 173 Å². The maximum Gasteiger partial charge on any atom is 0.191 e. The summed E-state index contributed by atoms with van der Waals surface area (Å²) >= 11 is 0. The van der Waals surface area contributed by atoms with E-state index in [2.05, 4.69) is 17.6 Å². The smallest absolute Gasteiger partial charge is 0.191 e. The first kappa shape index (κ1) is 21.4. The van der Waals surface area contributed by atoms with Gasteiger partial charge in [0.15, 0.2) is 5.96 Å². The van der Waals surface area contributed by atoms with E-state index in [4.69, 9.17) is 4.99 Å². The van der Waals surface area contributed by atoms with Crippen LogP contribution in [0.25, 0.3) is 0 Å². The van der Waals surface area contributed by atoms with Gasteiger partial charge in [0.25, 0.3) is 0 Å². The Bertz CT molecular complexity index is 627. The molecule has 0 amide bonds. The van der Waals surface area contributed by atoms with Gasteiger partial charge in [0, 0.05) is 23.9 Å². The first-order valence-electron chi connectivity index (χ1n) is 9.51. The molecular formula is C20H31FIN3O. The average molecular weight is 475 g/mol. The molecule has 0 radical (unpaired) electrons. The van der Waals surface area contributed by atoms with Crippen molar-refractivity contribution in [1.29, 1.82) is 0 Å². The van der Waals surface area contributed by atoms with Crippen LogP contribution in [-0.4, -0.2) is 36.3 Å². The fourth-order valence-electron chi connectivity index (χ4n) is 3.80. The number of nitrogens with one attached hydrogen (secondary N) is 2. The molecule has 2 aliphatic carbocycles. The van der Waals surface area contributed by atoms with Gasteiger partial charge < -0.3 is 15.7 Å². The molecule has 2 saturated carbocycles. The van der Waals surface area contributed by atoms with E-state index >= 15 is 0 Å². The summed E-state index contributed by atoms with van der Waals surface area (Å²) in [7, 11) is 0. The van der Waals surface area contributed by atoms with E-state index in [0.29, 0.717) is 6.54 Å². The van der Waals surface area contributed by atoms with Gasteiger partial charge in [0.2, 0.25) is 0 Å². The molecule has 0 spiro atoms. The van der Waals surface area contributed by atoms with Crippen LogP contribution in [-0.2, 0) is 0 Å². The number of aliphatic hydroxyl groups is 1. The number of hydrogen-bond donors (Lipinski definition) is 3. The standard InChI is InChI=1S/C20H30FN3O.HI/c1-3-22-19(23-13-20(2)11-7-6-10-18(20)25)24-17-12-15(17)14-8-4-5-9-16(14)21;/h4-5,8-9,15,17-18,25H,3,6-7,10-13H2,1-2H3,(H2,22,23,24);1H. The van der Waals surface area contributed by atoms with E-state index in [9.17, 15) is 9.50 Å². The number of halogens is 2. The van der Waals surface area contributed by atoms with Crippen LogP contribution in [0, 0.1) is 11.2 Å². The molecule has 4 nitrogen and oxygen atoms in total. The number of aliphatic hydroxyl groups excluding tert-OH is 1. The Hall–Kier alpha value is -0.890. The zero-order valence-corrected chi connectivity index (χ0v) is 18.0. The second kappa shape index (κ2) is 9.35. The Balaban J connectivity index is 0.00000243. The zero-order chi connectivity index (χ0) is 17.9. The Morgan fingerprint density at radius 2 is 2.12 bits per heavy atom. The van der Waals surface area contributed by atoms with E-state index in [1.54, 1.807) is 6.07 Å². The molecule has 2 fully saturated rings. The minimum absolute atomic E-state index is 0. The van der Waals surface area contributed by atoms with E-state index in [1.807, 2.05) is 19.1 Å². The van der Waals surface area contributed by atoms with Gasteiger partial charge in [-0.1, -0.05) is 38.0 Å². The van der Waals surface area contributed by atoms with Gasteiger partial charge in [-0.05, 0) is 37.8 Å². The summed E-state index contributed by atoms with van der Waals surface area (Å²) in [5, 5.41) is 17.0. The van der Waals surface area contributed by atoms with Crippen LogP contribution in [0.5, 0.6) is 0 Å². The molecule has 0 bridgehead atoms. The third-order valence-electron chi connectivity index (χ3n) is 5.64. The van der Waals surface area contributed by atoms with Crippen molar-refractivity contribution in [3.63, 3.8) is 0 Å². The van der Waals surface area contributed by atoms with Gasteiger partial charge in [-0.15, -0.1) is 24.0 Å². The minimum Gasteiger partial charge on any atom is -0.392 e. The van der Waals surface area contributed by atoms with Crippen molar-refractivity contribution in [1.82, 2.24) is 10.6 Å². The molecule has 26 heavy (non-hydrogen) atoms. The SMILES string of the molecule is CCNC(=NCC1(C)CCCCC1O)NC1CC1c1ccccc1F.I. The predicted molar refractivity (Wildman–Crippen MR) is 115 cm³/mol. The molecule has 0 aliphatic heterocycles. The number of aliphatic imine (C=N–C) groups is 1. The lowest BCUT2D eigenvalue weighted by Crippen LogP contribution is -2.42. The van der Waals surface area contributed by atoms with Gasteiger partial charge >= 0.3 is 0 Å². The van der Waals surface area contributed by atoms with Gasteiger partial charge in [0.1, 0.15) is 5.82 Å². The molecule has 6 heteroatoms. The molecule has 4 unspecified atom stereocenters. The molecule has 0 saturated heterocycles. The second-order valence-electron chi connectivity index (χ2n) is 7.73. The molecular weight excluding hydrogens is 444 g/mol. The van der Waals surface area contributed by atoms with Crippen LogP contribution in [0.1, 0.15) is 57.4 Å². The Morgan fingerprint density at radius 3 is 2.81 bits per heavy atom. The fourth-order valence-corrected chi connectivity index (χ4v) is 3.80. The number of hydrogen-bond acceptors (Lipinski definition) is 2. The van der Waals surface area contributed by atoms with E-state index < -0.39 is 0 Å². The van der Waals surface area contributed by atoms with Crippen molar-refractivity contribution in [3.8, 4) is 0 Å². The van der Waals surface area contributed by atoms with Crippen molar-refractivity contribution in [2.75, 3.05) is 13.1 Å². The summed E-state index contributed by atoms with van der Waals surface area (Å²) in [6.07, 6.45) is 4.79. The van der Waals surface area contributed by atoms with Crippen LogP contribution < -0.4 is 10.6 Å².